The first-order chi connectivity index (χ1) is 25.0. The molecule has 0 aromatic heterocycles. The second kappa shape index (κ2) is 12.4. The van der Waals surface area contributed by atoms with Crippen molar-refractivity contribution in [2.75, 3.05) is 14.7 Å². The average Bonchev–Trinajstić information content (AvgIpc) is 3.16. The van der Waals surface area contributed by atoms with E-state index in [1.807, 2.05) is 0 Å². The Hall–Kier alpha value is -6.00. The lowest BCUT2D eigenvalue weighted by Gasteiger charge is -2.45. The number of hydrogen-bond donors (Lipinski definition) is 0. The van der Waals surface area contributed by atoms with E-state index in [4.69, 9.17) is 0 Å². The maximum atomic E-state index is 2.55. The Labute approximate surface area is 302 Å². The summed E-state index contributed by atoms with van der Waals surface area (Å²) in [6, 6.07) is 60.2. The first-order valence-corrected chi connectivity index (χ1v) is 18.0. The largest absolute Gasteiger partial charge is 0.311 e. The molecule has 7 aromatic carbocycles. The maximum Gasteiger partial charge on any atom is 0.252 e. The number of rotatable bonds is 6. The van der Waals surface area contributed by atoms with Crippen LogP contribution in [-0.2, 0) is 0 Å². The first-order valence-electron chi connectivity index (χ1n) is 18.0. The van der Waals surface area contributed by atoms with Gasteiger partial charge in [0.2, 0.25) is 0 Å². The molecule has 0 unspecified atom stereocenters. The van der Waals surface area contributed by atoms with Crippen LogP contribution < -0.4 is 31.1 Å². The predicted molar refractivity (Wildman–Crippen MR) is 219 cm³/mol. The molecule has 0 N–H and O–H groups in total. The fourth-order valence-corrected chi connectivity index (χ4v) is 8.17. The van der Waals surface area contributed by atoms with Crippen molar-refractivity contribution < 1.29 is 0 Å². The molecule has 2 heterocycles. The van der Waals surface area contributed by atoms with Crippen LogP contribution in [0.25, 0.3) is 0 Å². The second-order valence-electron chi connectivity index (χ2n) is 14.2. The minimum atomic E-state index is 0.0659. The zero-order valence-corrected chi connectivity index (χ0v) is 29.6. The van der Waals surface area contributed by atoms with Gasteiger partial charge >= 0.3 is 0 Å². The van der Waals surface area contributed by atoms with Crippen LogP contribution in [0.1, 0.15) is 36.5 Å². The van der Waals surface area contributed by atoms with E-state index in [1.54, 1.807) is 0 Å². The highest BCUT2D eigenvalue weighted by molar-refractivity contribution is 7.00. The smallest absolute Gasteiger partial charge is 0.252 e. The quantitative estimate of drug-likeness (QED) is 0.165. The van der Waals surface area contributed by atoms with Crippen LogP contribution in [0.4, 0.5) is 51.2 Å². The molecule has 0 saturated carbocycles. The average molecular weight is 658 g/mol. The molecule has 0 fully saturated rings. The second-order valence-corrected chi connectivity index (χ2v) is 14.2. The summed E-state index contributed by atoms with van der Waals surface area (Å²) < 4.78 is 0. The summed E-state index contributed by atoms with van der Waals surface area (Å²) in [5.41, 5.74) is 18.6. The molecule has 7 aromatic rings. The lowest BCUT2D eigenvalue weighted by molar-refractivity contribution is 0.865. The molecular formula is C47H40BN3. The predicted octanol–water partition coefficient (Wildman–Crippen LogP) is 11.0. The topological polar surface area (TPSA) is 9.72 Å². The molecule has 0 saturated heterocycles. The molecule has 2 aliphatic heterocycles. The number of benzene rings is 7. The van der Waals surface area contributed by atoms with E-state index >= 15 is 0 Å². The van der Waals surface area contributed by atoms with Crippen molar-refractivity contribution in [3.05, 3.63) is 180 Å². The summed E-state index contributed by atoms with van der Waals surface area (Å²) in [5, 5.41) is 0. The molecule has 0 bridgehead atoms. The molecule has 0 spiro atoms. The van der Waals surface area contributed by atoms with E-state index in [-0.39, 0.29) is 6.71 Å². The van der Waals surface area contributed by atoms with Gasteiger partial charge < -0.3 is 14.7 Å². The highest BCUT2D eigenvalue weighted by Crippen LogP contribution is 2.48. The summed E-state index contributed by atoms with van der Waals surface area (Å²) in [4.78, 5) is 7.41. The molecule has 0 amide bonds. The third-order valence-corrected chi connectivity index (χ3v) is 10.5. The summed E-state index contributed by atoms with van der Waals surface area (Å²) in [7, 11) is 0. The van der Waals surface area contributed by atoms with Crippen LogP contribution in [-0.4, -0.2) is 6.71 Å². The van der Waals surface area contributed by atoms with Crippen LogP contribution in [0.15, 0.2) is 164 Å². The molecule has 0 aliphatic carbocycles. The standard InChI is InChI=1S/C47H40BN3/c1-32(2)40-26-29-44-46-47(40)51(37-18-12-7-13-19-37)45-31-39(49(35-14-8-5-9-15-35)36-16-10-6-11-17-36)25-27-41(45)48(46)42-30-34(4)22-28-43(42)50(44)38-23-20-33(3)21-24-38/h5-32H,1-4H3. The van der Waals surface area contributed by atoms with Crippen LogP contribution >= 0.6 is 0 Å². The van der Waals surface area contributed by atoms with Gasteiger partial charge in [-0.15, -0.1) is 0 Å². The number of fused-ring (bicyclic) bond motifs is 4. The van der Waals surface area contributed by atoms with E-state index < -0.39 is 0 Å². The molecule has 4 heteroatoms. The van der Waals surface area contributed by atoms with Crippen molar-refractivity contribution in [3.8, 4) is 0 Å². The van der Waals surface area contributed by atoms with Gasteiger partial charge in [-0.3, -0.25) is 0 Å². The molecule has 51 heavy (non-hydrogen) atoms. The molecule has 0 radical (unpaired) electrons. The number of nitrogens with zero attached hydrogens (tertiary/aromatic N) is 3. The SMILES string of the molecule is Cc1ccc(N2c3ccc(C)cc3B3c4ccc(N(c5ccccc5)c5ccccc5)cc4N(c4ccccc4)c4c(C(C)C)ccc2c43)cc1. The van der Waals surface area contributed by atoms with Crippen molar-refractivity contribution in [2.45, 2.75) is 33.6 Å². The Kier molecular flexibility index (Phi) is 7.54. The molecule has 9 rings (SSSR count). The van der Waals surface area contributed by atoms with Crippen LogP contribution in [0, 0.1) is 13.8 Å². The van der Waals surface area contributed by atoms with Crippen molar-refractivity contribution in [1.82, 2.24) is 0 Å². The Morgan fingerprint density at radius 1 is 0.471 bits per heavy atom. The molecule has 246 valence electrons. The summed E-state index contributed by atoms with van der Waals surface area (Å²) in [6.45, 7) is 9.10. The maximum absolute atomic E-state index is 2.55. The van der Waals surface area contributed by atoms with Crippen molar-refractivity contribution in [2.24, 2.45) is 0 Å². The lowest BCUT2D eigenvalue weighted by Crippen LogP contribution is -2.61. The van der Waals surface area contributed by atoms with Gasteiger partial charge in [-0.05, 0) is 115 Å². The van der Waals surface area contributed by atoms with E-state index in [0.717, 1.165) is 22.7 Å². The Morgan fingerprint density at radius 2 is 1.06 bits per heavy atom. The van der Waals surface area contributed by atoms with Gasteiger partial charge in [0.05, 0.1) is 0 Å². The molecule has 3 nitrogen and oxygen atoms in total. The van der Waals surface area contributed by atoms with Crippen LogP contribution in [0.3, 0.4) is 0 Å². The summed E-state index contributed by atoms with van der Waals surface area (Å²) >= 11 is 0. The van der Waals surface area contributed by atoms with Gasteiger partial charge in [0, 0.05) is 51.2 Å². The molecular weight excluding hydrogens is 617 g/mol. The van der Waals surface area contributed by atoms with E-state index in [2.05, 4.69) is 206 Å². The number of aryl methyl sites for hydroxylation is 2. The Bertz CT molecular complexity index is 2330. The number of hydrogen-bond acceptors (Lipinski definition) is 3. The van der Waals surface area contributed by atoms with E-state index in [1.165, 1.54) is 61.5 Å². The van der Waals surface area contributed by atoms with Gasteiger partial charge in [-0.2, -0.15) is 0 Å². The van der Waals surface area contributed by atoms with Gasteiger partial charge in [0.15, 0.2) is 0 Å². The zero-order chi connectivity index (χ0) is 34.6. The van der Waals surface area contributed by atoms with Gasteiger partial charge in [-0.1, -0.05) is 116 Å². The number of anilines is 9. The van der Waals surface area contributed by atoms with Crippen LogP contribution in [0.5, 0.6) is 0 Å². The van der Waals surface area contributed by atoms with Crippen molar-refractivity contribution in [3.63, 3.8) is 0 Å². The third kappa shape index (κ3) is 5.13. The first kappa shape index (κ1) is 31.0. The Balaban J connectivity index is 1.37. The highest BCUT2D eigenvalue weighted by atomic mass is 15.2. The fraction of sp³-hybridized carbons (Fsp3) is 0.106. The summed E-state index contributed by atoms with van der Waals surface area (Å²) in [6.07, 6.45) is 0. The van der Waals surface area contributed by atoms with Gasteiger partial charge in [0.25, 0.3) is 6.71 Å². The summed E-state index contributed by atoms with van der Waals surface area (Å²) in [5.74, 6) is 0.318. The molecule has 2 aliphatic rings. The van der Waals surface area contributed by atoms with Crippen molar-refractivity contribution in [1.29, 1.82) is 0 Å². The highest BCUT2D eigenvalue weighted by Gasteiger charge is 2.44. The molecule has 0 atom stereocenters. The minimum absolute atomic E-state index is 0.0659. The third-order valence-electron chi connectivity index (χ3n) is 10.5. The zero-order valence-electron chi connectivity index (χ0n) is 29.6. The Morgan fingerprint density at radius 3 is 1.71 bits per heavy atom. The van der Waals surface area contributed by atoms with Gasteiger partial charge in [0.1, 0.15) is 0 Å². The van der Waals surface area contributed by atoms with E-state index in [9.17, 15) is 0 Å². The van der Waals surface area contributed by atoms with Crippen molar-refractivity contribution >= 4 is 74.3 Å². The van der Waals surface area contributed by atoms with Crippen LogP contribution in [0.2, 0.25) is 0 Å². The van der Waals surface area contributed by atoms with E-state index in [0.29, 0.717) is 5.92 Å². The minimum Gasteiger partial charge on any atom is -0.311 e. The normalized spacial score (nSPS) is 12.8. The van der Waals surface area contributed by atoms with Gasteiger partial charge in [-0.25, -0.2) is 0 Å². The lowest BCUT2D eigenvalue weighted by atomic mass is 9.33. The fourth-order valence-electron chi connectivity index (χ4n) is 8.17. The number of para-hydroxylation sites is 3. The monoisotopic (exact) mass is 657 g/mol.